The number of nitriles is 1. The van der Waals surface area contributed by atoms with Crippen molar-refractivity contribution in [1.82, 2.24) is 19.1 Å². The molecule has 0 spiro atoms. The molecule has 0 amide bonds. The van der Waals surface area contributed by atoms with Gasteiger partial charge in [-0.05, 0) is 66.7 Å². The number of para-hydroxylation sites is 1. The van der Waals surface area contributed by atoms with Crippen molar-refractivity contribution in [2.24, 2.45) is 0 Å². The van der Waals surface area contributed by atoms with Gasteiger partial charge in [-0.25, -0.2) is 9.97 Å². The summed E-state index contributed by atoms with van der Waals surface area (Å²) in [6.07, 6.45) is 3.58. The molecule has 0 bridgehead atoms. The average molecular weight is 528 g/mol. The number of aromatic nitrogens is 4. The Balaban J connectivity index is 1.31. The highest BCUT2D eigenvalue weighted by Crippen LogP contribution is 2.38. The summed E-state index contributed by atoms with van der Waals surface area (Å²) in [5.41, 5.74) is 4.58. The quantitative estimate of drug-likeness (QED) is 0.231. The number of hydrogen-bond donors (Lipinski definition) is 0. The predicted molar refractivity (Wildman–Crippen MR) is 162 cm³/mol. The van der Waals surface area contributed by atoms with E-state index in [1.165, 1.54) is 0 Å². The third kappa shape index (κ3) is 3.57. The molecule has 0 aliphatic rings. The van der Waals surface area contributed by atoms with Crippen LogP contribution in [0.3, 0.4) is 0 Å². The Morgan fingerprint density at radius 3 is 1.80 bits per heavy atom. The zero-order valence-electron chi connectivity index (χ0n) is 21.8. The van der Waals surface area contributed by atoms with Crippen molar-refractivity contribution in [3.05, 3.63) is 133 Å². The molecule has 0 aliphatic heterocycles. The van der Waals surface area contributed by atoms with Crippen molar-refractivity contribution in [3.63, 3.8) is 0 Å². The Morgan fingerprint density at radius 2 is 1.12 bits per heavy atom. The molecule has 8 rings (SSSR count). The molecule has 41 heavy (non-hydrogen) atoms. The number of nitrogens with zero attached hydrogens (tertiary/aromatic N) is 5. The van der Waals surface area contributed by atoms with Gasteiger partial charge in [-0.15, -0.1) is 0 Å². The lowest BCUT2D eigenvalue weighted by molar-refractivity contribution is 0.484. The van der Waals surface area contributed by atoms with Crippen molar-refractivity contribution in [2.45, 2.75) is 0 Å². The normalized spacial score (nSPS) is 11.4. The van der Waals surface area contributed by atoms with Gasteiger partial charge in [0, 0.05) is 46.1 Å². The molecule has 8 aromatic rings. The smallest absolute Gasteiger partial charge is 0.137 e. The largest absolute Gasteiger partial charge is 0.457 e. The second-order valence-corrected chi connectivity index (χ2v) is 9.84. The van der Waals surface area contributed by atoms with Crippen LogP contribution in [0.5, 0.6) is 11.5 Å². The van der Waals surface area contributed by atoms with Crippen LogP contribution < -0.4 is 4.74 Å². The van der Waals surface area contributed by atoms with Crippen LogP contribution in [0.2, 0.25) is 0 Å². The predicted octanol–water partition coefficient (Wildman–Crippen LogP) is 8.33. The molecule has 0 saturated carbocycles. The van der Waals surface area contributed by atoms with Crippen LogP contribution in [0.1, 0.15) is 5.56 Å². The Kier molecular flexibility index (Phi) is 5.09. The van der Waals surface area contributed by atoms with E-state index >= 15 is 0 Å². The second-order valence-electron chi connectivity index (χ2n) is 9.84. The number of benzene rings is 4. The summed E-state index contributed by atoms with van der Waals surface area (Å²) in [4.78, 5) is 9.25. The zero-order valence-corrected chi connectivity index (χ0v) is 21.8. The minimum atomic E-state index is 0.628. The van der Waals surface area contributed by atoms with Gasteiger partial charge in [-0.1, -0.05) is 36.4 Å². The fourth-order valence-electron chi connectivity index (χ4n) is 5.82. The van der Waals surface area contributed by atoms with Crippen molar-refractivity contribution < 1.29 is 4.74 Å². The zero-order chi connectivity index (χ0) is 27.3. The molecule has 4 heterocycles. The Labute approximate surface area is 234 Å². The molecule has 0 N–H and O–H groups in total. The van der Waals surface area contributed by atoms with Gasteiger partial charge in [0.05, 0.1) is 33.7 Å². The lowest BCUT2D eigenvalue weighted by atomic mass is 10.1. The van der Waals surface area contributed by atoms with Crippen molar-refractivity contribution in [3.8, 4) is 29.2 Å². The number of fused-ring (bicyclic) bond motifs is 6. The lowest BCUT2D eigenvalue weighted by Crippen LogP contribution is -1.97. The lowest BCUT2D eigenvalue weighted by Gasteiger charge is -2.10. The van der Waals surface area contributed by atoms with Gasteiger partial charge in [0.1, 0.15) is 23.1 Å². The van der Waals surface area contributed by atoms with E-state index < -0.39 is 0 Å². The van der Waals surface area contributed by atoms with Gasteiger partial charge in [-0.2, -0.15) is 5.26 Å². The summed E-state index contributed by atoms with van der Waals surface area (Å²) in [6.45, 7) is 0. The second kappa shape index (κ2) is 9.08. The average Bonchev–Trinajstić information content (AvgIpc) is 3.54. The van der Waals surface area contributed by atoms with E-state index in [0.29, 0.717) is 11.3 Å². The molecule has 0 radical (unpaired) electrons. The Bertz CT molecular complexity index is 2290. The minimum Gasteiger partial charge on any atom is -0.457 e. The van der Waals surface area contributed by atoms with Gasteiger partial charge in [0.2, 0.25) is 0 Å². The molecule has 4 aromatic carbocycles. The van der Waals surface area contributed by atoms with Crippen LogP contribution in [-0.4, -0.2) is 19.1 Å². The Morgan fingerprint density at radius 1 is 0.537 bits per heavy atom. The third-order valence-electron chi connectivity index (χ3n) is 7.52. The van der Waals surface area contributed by atoms with Gasteiger partial charge >= 0.3 is 0 Å². The molecule has 0 atom stereocenters. The van der Waals surface area contributed by atoms with Gasteiger partial charge in [0.15, 0.2) is 0 Å². The summed E-state index contributed by atoms with van der Waals surface area (Å²) >= 11 is 0. The first-order chi connectivity index (χ1) is 20.3. The maximum atomic E-state index is 9.86. The molecule has 0 unspecified atom stereocenters. The number of pyridine rings is 2. The summed E-state index contributed by atoms with van der Waals surface area (Å²) in [7, 11) is 0. The molecule has 6 heteroatoms. The summed E-state index contributed by atoms with van der Waals surface area (Å²) in [6, 6.07) is 40.4. The maximum absolute atomic E-state index is 9.86. The van der Waals surface area contributed by atoms with Crippen LogP contribution in [0.15, 0.2) is 128 Å². The highest BCUT2D eigenvalue weighted by Gasteiger charge is 2.18. The van der Waals surface area contributed by atoms with Crippen LogP contribution in [-0.2, 0) is 0 Å². The molecular formula is C35H21N5O. The molecule has 0 aliphatic carbocycles. The first kappa shape index (κ1) is 23.0. The number of rotatable bonds is 4. The van der Waals surface area contributed by atoms with E-state index in [-0.39, 0.29) is 0 Å². The minimum absolute atomic E-state index is 0.628. The SMILES string of the molecule is N#Cc1cccc2c1c1ccc(Oc3ccc4c5ccccc5n(-c5ccccn5)c4c3)cc1n2-c1ccccn1. The van der Waals surface area contributed by atoms with E-state index in [1.807, 2.05) is 91.1 Å². The van der Waals surface area contributed by atoms with Gasteiger partial charge < -0.3 is 4.74 Å². The van der Waals surface area contributed by atoms with Crippen LogP contribution >= 0.6 is 0 Å². The first-order valence-corrected chi connectivity index (χ1v) is 13.3. The third-order valence-corrected chi connectivity index (χ3v) is 7.52. The van der Waals surface area contributed by atoms with E-state index in [0.717, 1.165) is 61.0 Å². The standard InChI is InChI=1S/C35H21N5O/c36-22-23-8-7-11-30-35(23)28-17-15-25(21-32(28)40(30)34-13-4-6-19-38-34)41-24-14-16-27-26-9-1-2-10-29(26)39(31(27)20-24)33-12-3-5-18-37-33/h1-21H. The van der Waals surface area contributed by atoms with Crippen LogP contribution in [0.25, 0.3) is 55.2 Å². The van der Waals surface area contributed by atoms with Crippen molar-refractivity contribution in [1.29, 1.82) is 5.26 Å². The van der Waals surface area contributed by atoms with Crippen molar-refractivity contribution >= 4 is 43.6 Å². The molecule has 6 nitrogen and oxygen atoms in total. The highest BCUT2D eigenvalue weighted by atomic mass is 16.5. The number of ether oxygens (including phenoxy) is 1. The van der Waals surface area contributed by atoms with Crippen molar-refractivity contribution in [2.75, 3.05) is 0 Å². The van der Waals surface area contributed by atoms with Gasteiger partial charge in [-0.3, -0.25) is 9.13 Å². The molecule has 0 fully saturated rings. The fourth-order valence-corrected chi connectivity index (χ4v) is 5.82. The topological polar surface area (TPSA) is 68.7 Å². The molecular weight excluding hydrogens is 506 g/mol. The van der Waals surface area contributed by atoms with Gasteiger partial charge in [0.25, 0.3) is 0 Å². The Hall–Kier alpha value is -5.93. The first-order valence-electron chi connectivity index (χ1n) is 13.3. The summed E-state index contributed by atoms with van der Waals surface area (Å²) in [5.74, 6) is 3.04. The summed E-state index contributed by atoms with van der Waals surface area (Å²) in [5, 5.41) is 14.0. The van der Waals surface area contributed by atoms with E-state index in [1.54, 1.807) is 6.20 Å². The number of hydrogen-bond acceptors (Lipinski definition) is 4. The van der Waals surface area contributed by atoms with Crippen LogP contribution in [0.4, 0.5) is 0 Å². The molecule has 0 saturated heterocycles. The summed E-state index contributed by atoms with van der Waals surface area (Å²) < 4.78 is 10.7. The highest BCUT2D eigenvalue weighted by molar-refractivity contribution is 6.12. The van der Waals surface area contributed by atoms with E-state index in [4.69, 9.17) is 4.74 Å². The van der Waals surface area contributed by atoms with E-state index in [2.05, 4.69) is 55.5 Å². The monoisotopic (exact) mass is 527 g/mol. The molecule has 192 valence electrons. The van der Waals surface area contributed by atoms with Crippen LogP contribution in [0, 0.1) is 11.3 Å². The fraction of sp³-hybridized carbons (Fsp3) is 0. The molecule has 4 aromatic heterocycles. The van der Waals surface area contributed by atoms with E-state index in [9.17, 15) is 5.26 Å². The maximum Gasteiger partial charge on any atom is 0.137 e.